The number of rotatable bonds is 5. The maximum Gasteiger partial charge on any atom is 0.417 e. The molecule has 0 aromatic heterocycles. The van der Waals surface area contributed by atoms with Crippen LogP contribution in [0.5, 0.6) is 5.75 Å². The smallest absolute Gasteiger partial charge is 0.417 e. The number of benzene rings is 3. The Labute approximate surface area is 189 Å². The molecule has 5 nitrogen and oxygen atoms in total. The van der Waals surface area contributed by atoms with Crippen LogP contribution in [-0.4, -0.2) is 33.2 Å². The summed E-state index contributed by atoms with van der Waals surface area (Å²) in [5, 5.41) is 2.53. The van der Waals surface area contributed by atoms with Gasteiger partial charge in [-0.2, -0.15) is 13.2 Å². The van der Waals surface area contributed by atoms with E-state index in [1.165, 1.54) is 12.1 Å². The predicted molar refractivity (Wildman–Crippen MR) is 117 cm³/mol. The second-order valence-corrected chi connectivity index (χ2v) is 9.83. The van der Waals surface area contributed by atoms with Crippen LogP contribution in [0.2, 0.25) is 0 Å². The molecule has 1 heterocycles. The summed E-state index contributed by atoms with van der Waals surface area (Å²) in [6, 6.07) is 16.7. The number of ether oxygens (including phenoxy) is 1. The summed E-state index contributed by atoms with van der Waals surface area (Å²) >= 11 is 0. The number of halogens is 3. The number of nitrogens with one attached hydrogen (secondary N) is 1. The standard InChI is InChI=1S/C24H20F3NO4S/c1-33(30,31)19-9-6-15(7-10-19)16-8-11-22-17(12-16)13-18(32-22)14-28-23(29)20-4-2-3-5-21(20)24(25,26)27/h2-12,18H,13-14H2,1H3,(H,28,29)/t18-/m1/s1. The maximum absolute atomic E-state index is 13.2. The van der Waals surface area contributed by atoms with Crippen LogP contribution < -0.4 is 10.1 Å². The highest BCUT2D eigenvalue weighted by molar-refractivity contribution is 7.90. The van der Waals surface area contributed by atoms with Gasteiger partial charge in [0.25, 0.3) is 5.91 Å². The van der Waals surface area contributed by atoms with E-state index in [-0.39, 0.29) is 11.4 Å². The van der Waals surface area contributed by atoms with Gasteiger partial charge in [-0.05, 0) is 53.1 Å². The van der Waals surface area contributed by atoms with Crippen molar-refractivity contribution in [3.05, 3.63) is 83.4 Å². The fraction of sp³-hybridized carbons (Fsp3) is 0.208. The lowest BCUT2D eigenvalue weighted by Gasteiger charge is -2.15. The van der Waals surface area contributed by atoms with Gasteiger partial charge >= 0.3 is 6.18 Å². The molecule has 172 valence electrons. The van der Waals surface area contributed by atoms with Crippen molar-refractivity contribution >= 4 is 15.7 Å². The molecule has 0 aliphatic carbocycles. The SMILES string of the molecule is CS(=O)(=O)c1ccc(-c2ccc3c(c2)C[C@H](CNC(=O)c2ccccc2C(F)(F)F)O3)cc1. The van der Waals surface area contributed by atoms with Crippen molar-refractivity contribution in [1.29, 1.82) is 0 Å². The summed E-state index contributed by atoms with van der Waals surface area (Å²) < 4.78 is 68.6. The quantitative estimate of drug-likeness (QED) is 0.590. The fourth-order valence-electron chi connectivity index (χ4n) is 3.74. The number of hydrogen-bond donors (Lipinski definition) is 1. The van der Waals surface area contributed by atoms with Crippen molar-refractivity contribution in [3.8, 4) is 16.9 Å². The number of amides is 1. The summed E-state index contributed by atoms with van der Waals surface area (Å²) in [7, 11) is -3.28. The average Bonchev–Trinajstić information content (AvgIpc) is 3.18. The van der Waals surface area contributed by atoms with Crippen LogP contribution in [0, 0.1) is 0 Å². The van der Waals surface area contributed by atoms with Crippen LogP contribution >= 0.6 is 0 Å². The van der Waals surface area contributed by atoms with Crippen LogP contribution in [0.25, 0.3) is 11.1 Å². The molecule has 1 atom stereocenters. The van der Waals surface area contributed by atoms with Crippen molar-refractivity contribution in [2.45, 2.75) is 23.6 Å². The van der Waals surface area contributed by atoms with Gasteiger partial charge in [-0.25, -0.2) is 8.42 Å². The van der Waals surface area contributed by atoms with Crippen LogP contribution in [0.3, 0.4) is 0 Å². The molecule has 0 saturated heterocycles. The molecule has 1 aliphatic heterocycles. The molecule has 1 aliphatic rings. The van der Waals surface area contributed by atoms with Crippen molar-refractivity contribution in [2.75, 3.05) is 12.8 Å². The molecular formula is C24H20F3NO4S. The van der Waals surface area contributed by atoms with Crippen molar-refractivity contribution in [1.82, 2.24) is 5.32 Å². The molecule has 4 rings (SSSR count). The molecule has 9 heteroatoms. The van der Waals surface area contributed by atoms with Gasteiger partial charge in [0.15, 0.2) is 9.84 Å². The molecule has 0 fully saturated rings. The highest BCUT2D eigenvalue weighted by Gasteiger charge is 2.35. The summed E-state index contributed by atoms with van der Waals surface area (Å²) in [5.74, 6) is -0.171. The Balaban J connectivity index is 1.43. The van der Waals surface area contributed by atoms with Gasteiger partial charge in [0, 0.05) is 12.7 Å². The third kappa shape index (κ3) is 5.03. The van der Waals surface area contributed by atoms with Crippen LogP contribution in [-0.2, 0) is 22.4 Å². The average molecular weight is 475 g/mol. The molecule has 1 amide bonds. The second-order valence-electron chi connectivity index (χ2n) is 7.82. The third-order valence-corrected chi connectivity index (χ3v) is 6.51. The summed E-state index contributed by atoms with van der Waals surface area (Å²) in [5.41, 5.74) is 1.20. The van der Waals surface area contributed by atoms with E-state index >= 15 is 0 Å². The van der Waals surface area contributed by atoms with Gasteiger partial charge in [-0.15, -0.1) is 0 Å². The molecule has 0 radical (unpaired) electrons. The Morgan fingerprint density at radius 3 is 2.36 bits per heavy atom. The van der Waals surface area contributed by atoms with E-state index in [1.807, 2.05) is 12.1 Å². The molecule has 3 aromatic rings. The summed E-state index contributed by atoms with van der Waals surface area (Å²) in [6.45, 7) is 0.0537. The first-order chi connectivity index (χ1) is 15.5. The van der Waals surface area contributed by atoms with Crippen LogP contribution in [0.1, 0.15) is 21.5 Å². The molecule has 33 heavy (non-hydrogen) atoms. The summed E-state index contributed by atoms with van der Waals surface area (Å²) in [4.78, 5) is 12.6. The molecule has 0 spiro atoms. The number of alkyl halides is 3. The zero-order valence-corrected chi connectivity index (χ0v) is 18.3. The molecule has 1 N–H and O–H groups in total. The largest absolute Gasteiger partial charge is 0.488 e. The van der Waals surface area contributed by atoms with Crippen LogP contribution in [0.4, 0.5) is 13.2 Å². The Kier molecular flexibility index (Phi) is 5.92. The molecule has 0 bridgehead atoms. The number of carbonyl (C=O) groups is 1. The van der Waals surface area contributed by atoms with Gasteiger partial charge in [0.05, 0.1) is 22.6 Å². The Morgan fingerprint density at radius 2 is 1.70 bits per heavy atom. The van der Waals surface area contributed by atoms with Crippen molar-refractivity contribution in [2.24, 2.45) is 0 Å². The minimum absolute atomic E-state index is 0.0537. The topological polar surface area (TPSA) is 72.5 Å². The minimum Gasteiger partial charge on any atom is -0.488 e. The Hall–Kier alpha value is -3.33. The van der Waals surface area contributed by atoms with Crippen LogP contribution in [0.15, 0.2) is 71.6 Å². The highest BCUT2D eigenvalue weighted by Crippen LogP contribution is 2.34. The van der Waals surface area contributed by atoms with Gasteiger partial charge in [0.1, 0.15) is 11.9 Å². The van der Waals surface area contributed by atoms with Crippen molar-refractivity contribution in [3.63, 3.8) is 0 Å². The first kappa shape index (κ1) is 22.8. The molecule has 3 aromatic carbocycles. The minimum atomic E-state index is -4.62. The lowest BCUT2D eigenvalue weighted by molar-refractivity contribution is -0.137. The van der Waals surface area contributed by atoms with E-state index in [0.29, 0.717) is 12.2 Å². The first-order valence-electron chi connectivity index (χ1n) is 10.1. The third-order valence-electron chi connectivity index (χ3n) is 5.38. The first-order valence-corrected chi connectivity index (χ1v) is 12.0. The number of sulfone groups is 1. The van der Waals surface area contributed by atoms with E-state index in [4.69, 9.17) is 4.74 Å². The maximum atomic E-state index is 13.2. The zero-order chi connectivity index (χ0) is 23.8. The zero-order valence-electron chi connectivity index (χ0n) is 17.5. The van der Waals surface area contributed by atoms with E-state index in [1.54, 1.807) is 30.3 Å². The van der Waals surface area contributed by atoms with Gasteiger partial charge in [0.2, 0.25) is 0 Å². The predicted octanol–water partition coefficient (Wildman–Crippen LogP) is 4.51. The van der Waals surface area contributed by atoms with Crippen molar-refractivity contribution < 1.29 is 31.1 Å². The van der Waals surface area contributed by atoms with Gasteiger partial charge < -0.3 is 10.1 Å². The van der Waals surface area contributed by atoms with Gasteiger partial charge in [-0.3, -0.25) is 4.79 Å². The molecule has 0 unspecified atom stereocenters. The molecule has 0 saturated carbocycles. The normalized spacial score (nSPS) is 15.6. The second kappa shape index (κ2) is 8.55. The van der Waals surface area contributed by atoms with Gasteiger partial charge in [-0.1, -0.05) is 30.3 Å². The van der Waals surface area contributed by atoms with E-state index in [0.717, 1.165) is 35.1 Å². The number of carbonyl (C=O) groups excluding carboxylic acids is 1. The lowest BCUT2D eigenvalue weighted by Crippen LogP contribution is -2.35. The monoisotopic (exact) mass is 475 g/mol. The molecular weight excluding hydrogens is 455 g/mol. The fourth-order valence-corrected chi connectivity index (χ4v) is 4.37. The highest BCUT2D eigenvalue weighted by atomic mass is 32.2. The lowest BCUT2D eigenvalue weighted by atomic mass is 10.0. The van der Waals surface area contributed by atoms with E-state index in [2.05, 4.69) is 5.32 Å². The number of hydrogen-bond acceptors (Lipinski definition) is 4. The number of fused-ring (bicyclic) bond motifs is 1. The Morgan fingerprint density at radius 1 is 1.03 bits per heavy atom. The summed E-state index contributed by atoms with van der Waals surface area (Å²) in [6.07, 6.45) is -3.41. The van der Waals surface area contributed by atoms with E-state index in [9.17, 15) is 26.4 Å². The Bertz CT molecular complexity index is 1300. The van der Waals surface area contributed by atoms with E-state index < -0.39 is 39.2 Å².